The van der Waals surface area contributed by atoms with Gasteiger partial charge in [0.2, 0.25) is 0 Å². The van der Waals surface area contributed by atoms with Crippen molar-refractivity contribution in [3.05, 3.63) is 0 Å². The molecule has 2 saturated carbocycles. The number of aliphatic hydroxyl groups is 1. The molecule has 0 aromatic rings. The fraction of sp³-hybridized carbons (Fsp3) is 0.867. The Kier molecular flexibility index (Phi) is 3.74. The summed E-state index contributed by atoms with van der Waals surface area (Å²) >= 11 is 0. The Morgan fingerprint density at radius 1 is 1.42 bits per heavy atom. The number of carbonyl (C=O) groups is 2. The highest BCUT2D eigenvalue weighted by Gasteiger charge is 2.53. The molecule has 2 aliphatic carbocycles. The Labute approximate surface area is 114 Å². The smallest absolute Gasteiger partial charge is 0.306 e. The first-order chi connectivity index (χ1) is 8.78. The molecule has 6 atom stereocenters. The molecule has 4 nitrogen and oxygen atoms in total. The summed E-state index contributed by atoms with van der Waals surface area (Å²) < 4.78 is 0. The van der Waals surface area contributed by atoms with Crippen molar-refractivity contribution in [1.82, 2.24) is 0 Å². The number of ketones is 1. The van der Waals surface area contributed by atoms with Crippen LogP contribution in [0.3, 0.4) is 0 Å². The number of aliphatic carboxylic acids is 1. The first kappa shape index (κ1) is 14.5. The zero-order chi connectivity index (χ0) is 14.4. The van der Waals surface area contributed by atoms with Gasteiger partial charge in [-0.15, -0.1) is 0 Å². The molecule has 2 N–H and O–H groups in total. The van der Waals surface area contributed by atoms with Crippen molar-refractivity contribution in [1.29, 1.82) is 0 Å². The molecule has 0 radical (unpaired) electrons. The number of aliphatic hydroxyl groups excluding tert-OH is 1. The van der Waals surface area contributed by atoms with E-state index < -0.39 is 18.0 Å². The molecular weight excluding hydrogens is 244 g/mol. The monoisotopic (exact) mass is 268 g/mol. The maximum Gasteiger partial charge on any atom is 0.306 e. The molecule has 2 rings (SSSR count). The average molecular weight is 268 g/mol. The van der Waals surface area contributed by atoms with E-state index in [-0.39, 0.29) is 29.0 Å². The molecule has 0 aromatic carbocycles. The molecule has 0 aliphatic heterocycles. The number of hydrogen-bond donors (Lipinski definition) is 2. The molecule has 0 unspecified atom stereocenters. The summed E-state index contributed by atoms with van der Waals surface area (Å²) in [6.45, 7) is 5.70. The van der Waals surface area contributed by atoms with Crippen LogP contribution >= 0.6 is 0 Å². The van der Waals surface area contributed by atoms with E-state index in [0.29, 0.717) is 6.42 Å². The van der Waals surface area contributed by atoms with Crippen LogP contribution in [0.25, 0.3) is 0 Å². The Morgan fingerprint density at radius 2 is 2.05 bits per heavy atom. The third-order valence-electron chi connectivity index (χ3n) is 5.68. The largest absolute Gasteiger partial charge is 0.481 e. The van der Waals surface area contributed by atoms with Gasteiger partial charge in [0.15, 0.2) is 0 Å². The van der Waals surface area contributed by atoms with Crippen molar-refractivity contribution < 1.29 is 19.8 Å². The highest BCUT2D eigenvalue weighted by Crippen LogP contribution is 2.54. The van der Waals surface area contributed by atoms with Gasteiger partial charge in [0.1, 0.15) is 5.78 Å². The molecule has 0 bridgehead atoms. The minimum absolute atomic E-state index is 0.0124. The molecule has 4 heteroatoms. The van der Waals surface area contributed by atoms with E-state index in [2.05, 4.69) is 6.92 Å². The van der Waals surface area contributed by atoms with Crippen LogP contribution in [0.4, 0.5) is 0 Å². The minimum Gasteiger partial charge on any atom is -0.481 e. The van der Waals surface area contributed by atoms with E-state index in [9.17, 15) is 14.7 Å². The summed E-state index contributed by atoms with van der Waals surface area (Å²) in [5.41, 5.74) is -0.0124. The van der Waals surface area contributed by atoms with Crippen LogP contribution < -0.4 is 0 Å². The number of carboxylic acids is 1. The standard InChI is InChI=1S/C15H24O4/c1-8(14(18)19)10-4-6-15(3)7-5-11(16)9(2)12(15)13(10)17/h8-10,12-13,17H,4-7H2,1-3H3,(H,18,19)/t8-,9+,10-,12+,13-,15-/m0/s1. The second kappa shape index (κ2) is 4.89. The van der Waals surface area contributed by atoms with E-state index in [0.717, 1.165) is 19.3 Å². The number of hydrogen-bond acceptors (Lipinski definition) is 3. The predicted octanol–water partition coefficient (Wildman–Crippen LogP) is 2.10. The molecule has 2 aliphatic rings. The van der Waals surface area contributed by atoms with Gasteiger partial charge in [-0.1, -0.05) is 20.8 Å². The molecule has 0 saturated heterocycles. The summed E-state index contributed by atoms with van der Waals surface area (Å²) in [6.07, 6.45) is 2.40. The van der Waals surface area contributed by atoms with Crippen molar-refractivity contribution in [2.24, 2.45) is 29.1 Å². The Hall–Kier alpha value is -0.900. The van der Waals surface area contributed by atoms with Crippen LogP contribution in [0.1, 0.15) is 46.5 Å². The lowest BCUT2D eigenvalue weighted by molar-refractivity contribution is -0.158. The zero-order valence-corrected chi connectivity index (χ0v) is 11.9. The van der Waals surface area contributed by atoms with Crippen LogP contribution in [0, 0.1) is 29.1 Å². The molecular formula is C15H24O4. The van der Waals surface area contributed by atoms with E-state index in [1.807, 2.05) is 6.92 Å². The number of carbonyl (C=O) groups excluding carboxylic acids is 1. The Balaban J connectivity index is 2.26. The lowest BCUT2D eigenvalue weighted by atomic mass is 9.52. The second-order valence-electron chi connectivity index (χ2n) is 6.75. The quantitative estimate of drug-likeness (QED) is 0.804. The summed E-state index contributed by atoms with van der Waals surface area (Å²) in [6, 6.07) is 0. The van der Waals surface area contributed by atoms with E-state index >= 15 is 0 Å². The van der Waals surface area contributed by atoms with Crippen molar-refractivity contribution in [3.8, 4) is 0 Å². The van der Waals surface area contributed by atoms with Crippen LogP contribution in [0.2, 0.25) is 0 Å². The van der Waals surface area contributed by atoms with Gasteiger partial charge in [-0.2, -0.15) is 0 Å². The summed E-state index contributed by atoms with van der Waals surface area (Å²) in [4.78, 5) is 23.1. The molecule has 0 heterocycles. The van der Waals surface area contributed by atoms with E-state index in [4.69, 9.17) is 5.11 Å². The van der Waals surface area contributed by atoms with Crippen LogP contribution in [0.5, 0.6) is 0 Å². The SMILES string of the molecule is C[C@H](C(=O)O)[C@@H]1CC[C@@]2(C)CCC(=O)[C@@H](C)[C@@H]2[C@H]1O. The molecule has 0 spiro atoms. The minimum atomic E-state index is -0.859. The molecule has 108 valence electrons. The van der Waals surface area contributed by atoms with Crippen molar-refractivity contribution >= 4 is 11.8 Å². The van der Waals surface area contributed by atoms with Gasteiger partial charge in [0, 0.05) is 12.3 Å². The third kappa shape index (κ3) is 2.31. The van der Waals surface area contributed by atoms with E-state index in [1.165, 1.54) is 0 Å². The second-order valence-corrected chi connectivity index (χ2v) is 6.75. The summed E-state index contributed by atoms with van der Waals surface area (Å²) in [7, 11) is 0. The predicted molar refractivity (Wildman–Crippen MR) is 70.5 cm³/mol. The zero-order valence-electron chi connectivity index (χ0n) is 11.9. The molecule has 2 fully saturated rings. The van der Waals surface area contributed by atoms with Gasteiger partial charge in [-0.25, -0.2) is 0 Å². The number of fused-ring (bicyclic) bond motifs is 1. The third-order valence-corrected chi connectivity index (χ3v) is 5.68. The van der Waals surface area contributed by atoms with Gasteiger partial charge in [-0.05, 0) is 36.5 Å². The average Bonchev–Trinajstić information content (AvgIpc) is 2.34. The fourth-order valence-electron chi connectivity index (χ4n) is 4.27. The number of rotatable bonds is 2. The van der Waals surface area contributed by atoms with Crippen LogP contribution in [-0.4, -0.2) is 28.1 Å². The highest BCUT2D eigenvalue weighted by molar-refractivity contribution is 5.82. The van der Waals surface area contributed by atoms with Crippen molar-refractivity contribution in [2.45, 2.75) is 52.6 Å². The van der Waals surface area contributed by atoms with Crippen molar-refractivity contribution in [2.75, 3.05) is 0 Å². The van der Waals surface area contributed by atoms with Gasteiger partial charge in [0.25, 0.3) is 0 Å². The Morgan fingerprint density at radius 3 is 2.63 bits per heavy atom. The molecule has 0 aromatic heterocycles. The highest BCUT2D eigenvalue weighted by atomic mass is 16.4. The first-order valence-electron chi connectivity index (χ1n) is 7.21. The lowest BCUT2D eigenvalue weighted by Gasteiger charge is -2.53. The first-order valence-corrected chi connectivity index (χ1v) is 7.21. The molecule has 0 amide bonds. The Bertz CT molecular complexity index is 392. The maximum absolute atomic E-state index is 11.9. The van der Waals surface area contributed by atoms with Crippen LogP contribution in [-0.2, 0) is 9.59 Å². The van der Waals surface area contributed by atoms with Gasteiger partial charge >= 0.3 is 5.97 Å². The van der Waals surface area contributed by atoms with E-state index in [1.54, 1.807) is 6.92 Å². The van der Waals surface area contributed by atoms with Gasteiger partial charge < -0.3 is 10.2 Å². The maximum atomic E-state index is 11.9. The fourth-order valence-corrected chi connectivity index (χ4v) is 4.27. The molecule has 19 heavy (non-hydrogen) atoms. The van der Waals surface area contributed by atoms with Gasteiger partial charge in [0.05, 0.1) is 12.0 Å². The van der Waals surface area contributed by atoms with Crippen LogP contribution in [0.15, 0.2) is 0 Å². The number of carboxylic acid groups (broad SMARTS) is 1. The normalized spacial score (nSPS) is 44.5. The topological polar surface area (TPSA) is 74.6 Å². The van der Waals surface area contributed by atoms with Gasteiger partial charge in [-0.3, -0.25) is 9.59 Å². The summed E-state index contributed by atoms with van der Waals surface area (Å²) in [5.74, 6) is -1.67. The number of Topliss-reactive ketones (excluding diaryl/α,β-unsaturated/α-hetero) is 1. The van der Waals surface area contributed by atoms with Crippen molar-refractivity contribution in [3.63, 3.8) is 0 Å². The summed E-state index contributed by atoms with van der Waals surface area (Å²) in [5, 5.41) is 19.8. The lowest BCUT2D eigenvalue weighted by Crippen LogP contribution is -2.54.